The highest BCUT2D eigenvalue weighted by molar-refractivity contribution is 5.51. The first-order chi connectivity index (χ1) is 10.8. The summed E-state index contributed by atoms with van der Waals surface area (Å²) < 4.78 is 11.4. The molecule has 1 N–H and O–H groups in total. The number of hydrogen-bond donors (Lipinski definition) is 1. The molecule has 1 saturated heterocycles. The van der Waals surface area contributed by atoms with Gasteiger partial charge in [-0.1, -0.05) is 5.16 Å². The summed E-state index contributed by atoms with van der Waals surface area (Å²) in [5.41, 5.74) is 1.83. The van der Waals surface area contributed by atoms with Crippen LogP contribution in [0.2, 0.25) is 0 Å². The Morgan fingerprint density at radius 2 is 2.32 bits per heavy atom. The van der Waals surface area contributed by atoms with E-state index in [9.17, 15) is 0 Å². The molecule has 4 heterocycles. The third-order valence-corrected chi connectivity index (χ3v) is 4.13. The average Bonchev–Trinajstić information content (AvgIpc) is 3.26. The molecule has 1 atom stereocenters. The summed E-state index contributed by atoms with van der Waals surface area (Å²) in [5.74, 6) is 2.72. The lowest BCUT2D eigenvalue weighted by molar-refractivity contribution is 0.194. The summed E-state index contributed by atoms with van der Waals surface area (Å²) in [6.07, 6.45) is 3.99. The Hall–Kier alpha value is -2.34. The van der Waals surface area contributed by atoms with Crippen LogP contribution in [0.25, 0.3) is 11.5 Å². The molecule has 3 aromatic rings. The smallest absolute Gasteiger partial charge is 0.154 e. The molecule has 0 bridgehead atoms. The summed E-state index contributed by atoms with van der Waals surface area (Å²) >= 11 is 0. The van der Waals surface area contributed by atoms with Gasteiger partial charge in [0.15, 0.2) is 11.5 Å². The van der Waals surface area contributed by atoms with Crippen molar-refractivity contribution in [3.05, 3.63) is 47.7 Å². The molecule has 0 aliphatic carbocycles. The van der Waals surface area contributed by atoms with Gasteiger partial charge in [0.2, 0.25) is 0 Å². The van der Waals surface area contributed by atoms with Crippen molar-refractivity contribution in [1.82, 2.24) is 20.3 Å². The summed E-state index contributed by atoms with van der Waals surface area (Å²) in [6.45, 7) is 3.78. The first-order valence-electron chi connectivity index (χ1n) is 7.55. The summed E-state index contributed by atoms with van der Waals surface area (Å²) in [7, 11) is 0. The fraction of sp³-hybridized carbons (Fsp3) is 0.375. The highest BCUT2D eigenvalue weighted by atomic mass is 16.5. The second kappa shape index (κ2) is 5.46. The van der Waals surface area contributed by atoms with Crippen LogP contribution >= 0.6 is 0 Å². The molecule has 4 rings (SSSR count). The highest BCUT2D eigenvalue weighted by Crippen LogP contribution is 2.34. The molecule has 1 unspecified atom stereocenters. The van der Waals surface area contributed by atoms with Crippen LogP contribution in [0.5, 0.6) is 0 Å². The zero-order chi connectivity index (χ0) is 14.9. The van der Waals surface area contributed by atoms with Crippen molar-refractivity contribution >= 4 is 0 Å². The molecule has 3 aromatic heterocycles. The minimum Gasteiger partial charge on any atom is -0.458 e. The van der Waals surface area contributed by atoms with Crippen molar-refractivity contribution < 1.29 is 8.94 Å². The van der Waals surface area contributed by atoms with Crippen molar-refractivity contribution in [1.29, 1.82) is 0 Å². The van der Waals surface area contributed by atoms with E-state index in [0.717, 1.165) is 48.2 Å². The van der Waals surface area contributed by atoms with Crippen molar-refractivity contribution in [3.63, 3.8) is 0 Å². The summed E-state index contributed by atoms with van der Waals surface area (Å²) in [4.78, 5) is 2.38. The number of nitrogens with zero attached hydrogens (tertiary/aromatic N) is 3. The van der Waals surface area contributed by atoms with Crippen molar-refractivity contribution in [2.75, 3.05) is 6.54 Å². The fourth-order valence-corrected chi connectivity index (χ4v) is 3.08. The normalized spacial score (nSPS) is 19.0. The summed E-state index contributed by atoms with van der Waals surface area (Å²) in [5, 5.41) is 10.9. The molecule has 1 aliphatic rings. The van der Waals surface area contributed by atoms with Crippen LogP contribution in [-0.2, 0) is 6.54 Å². The van der Waals surface area contributed by atoms with Crippen LogP contribution in [0.15, 0.2) is 39.4 Å². The minimum absolute atomic E-state index is 0.293. The third kappa shape index (κ3) is 2.46. The maximum absolute atomic E-state index is 5.92. The predicted molar refractivity (Wildman–Crippen MR) is 79.9 cm³/mol. The van der Waals surface area contributed by atoms with Crippen molar-refractivity contribution in [2.45, 2.75) is 32.4 Å². The second-order valence-electron chi connectivity index (χ2n) is 5.74. The number of rotatable bonds is 4. The lowest BCUT2D eigenvalue weighted by Gasteiger charge is -2.20. The van der Waals surface area contributed by atoms with Gasteiger partial charge in [0, 0.05) is 12.3 Å². The van der Waals surface area contributed by atoms with E-state index < -0.39 is 0 Å². The van der Waals surface area contributed by atoms with Crippen LogP contribution in [0.1, 0.15) is 36.1 Å². The minimum atomic E-state index is 0.293. The largest absolute Gasteiger partial charge is 0.458 e. The van der Waals surface area contributed by atoms with Gasteiger partial charge < -0.3 is 8.94 Å². The molecule has 0 amide bonds. The van der Waals surface area contributed by atoms with E-state index in [1.54, 1.807) is 6.20 Å². The Labute approximate surface area is 128 Å². The zero-order valence-electron chi connectivity index (χ0n) is 12.5. The Morgan fingerprint density at radius 3 is 3.09 bits per heavy atom. The Bertz CT molecular complexity index is 744. The molecular formula is C16H18N4O2. The standard InChI is InChI=1S/C16H18N4O2/c1-11-9-16(22-19-11)14-3-2-8-20(14)10-12-4-5-15(21-12)13-6-7-17-18-13/h4-7,9,14H,2-3,8,10H2,1H3,(H,17,18). The van der Waals surface area contributed by atoms with E-state index in [1.165, 1.54) is 6.42 Å². The lowest BCUT2D eigenvalue weighted by atomic mass is 10.1. The van der Waals surface area contributed by atoms with Crippen LogP contribution in [0.3, 0.4) is 0 Å². The van der Waals surface area contributed by atoms with Crippen LogP contribution in [-0.4, -0.2) is 26.8 Å². The molecule has 6 nitrogen and oxygen atoms in total. The van der Waals surface area contributed by atoms with E-state index in [4.69, 9.17) is 8.94 Å². The van der Waals surface area contributed by atoms with Gasteiger partial charge >= 0.3 is 0 Å². The maximum Gasteiger partial charge on any atom is 0.154 e. The zero-order valence-corrected chi connectivity index (χ0v) is 12.5. The molecule has 0 radical (unpaired) electrons. The number of aryl methyl sites for hydroxylation is 1. The van der Waals surface area contributed by atoms with Gasteiger partial charge in [0.05, 0.1) is 18.3 Å². The molecule has 0 saturated carbocycles. The highest BCUT2D eigenvalue weighted by Gasteiger charge is 2.29. The predicted octanol–water partition coefficient (Wildman–Crippen LogP) is 3.30. The molecule has 0 aromatic carbocycles. The third-order valence-electron chi connectivity index (χ3n) is 4.13. The van der Waals surface area contributed by atoms with Crippen LogP contribution < -0.4 is 0 Å². The molecular weight excluding hydrogens is 280 g/mol. The SMILES string of the molecule is Cc1cc(C2CCCN2Cc2ccc(-c3ccn[nH]3)o2)on1. The van der Waals surface area contributed by atoms with Gasteiger partial charge in [-0.15, -0.1) is 0 Å². The molecule has 6 heteroatoms. The van der Waals surface area contributed by atoms with Crippen LogP contribution in [0.4, 0.5) is 0 Å². The Balaban J connectivity index is 1.50. The number of furan rings is 1. The molecule has 114 valence electrons. The van der Waals surface area contributed by atoms with Crippen molar-refractivity contribution in [2.24, 2.45) is 0 Å². The van der Waals surface area contributed by atoms with E-state index in [1.807, 2.05) is 31.2 Å². The molecule has 1 aliphatic heterocycles. The van der Waals surface area contributed by atoms with Gasteiger partial charge in [-0.25, -0.2) is 0 Å². The number of H-pyrrole nitrogens is 1. The van der Waals surface area contributed by atoms with E-state index in [-0.39, 0.29) is 0 Å². The number of aromatic amines is 1. The van der Waals surface area contributed by atoms with Crippen LogP contribution in [0, 0.1) is 6.92 Å². The van der Waals surface area contributed by atoms with Gasteiger partial charge in [-0.05, 0) is 44.5 Å². The lowest BCUT2D eigenvalue weighted by Crippen LogP contribution is -2.22. The van der Waals surface area contributed by atoms with Crippen molar-refractivity contribution in [3.8, 4) is 11.5 Å². The quantitative estimate of drug-likeness (QED) is 0.800. The van der Waals surface area contributed by atoms with Gasteiger partial charge in [-0.2, -0.15) is 5.10 Å². The summed E-state index contributed by atoms with van der Waals surface area (Å²) in [6, 6.07) is 8.23. The Morgan fingerprint density at radius 1 is 1.36 bits per heavy atom. The first kappa shape index (κ1) is 13.3. The van der Waals surface area contributed by atoms with Gasteiger partial charge in [-0.3, -0.25) is 10.00 Å². The van der Waals surface area contributed by atoms with E-state index in [0.29, 0.717) is 6.04 Å². The number of likely N-dealkylation sites (tertiary alicyclic amines) is 1. The number of nitrogens with one attached hydrogen (secondary N) is 1. The number of hydrogen-bond acceptors (Lipinski definition) is 5. The Kier molecular flexibility index (Phi) is 3.31. The van der Waals surface area contributed by atoms with E-state index in [2.05, 4.69) is 20.3 Å². The maximum atomic E-state index is 5.92. The fourth-order valence-electron chi connectivity index (χ4n) is 3.08. The van der Waals surface area contributed by atoms with Gasteiger partial charge in [0.1, 0.15) is 11.5 Å². The monoisotopic (exact) mass is 298 g/mol. The van der Waals surface area contributed by atoms with Gasteiger partial charge in [0.25, 0.3) is 0 Å². The van der Waals surface area contributed by atoms with E-state index >= 15 is 0 Å². The molecule has 22 heavy (non-hydrogen) atoms. The average molecular weight is 298 g/mol. The second-order valence-corrected chi connectivity index (χ2v) is 5.74. The number of aromatic nitrogens is 3. The molecule has 1 fully saturated rings. The molecule has 0 spiro atoms. The topological polar surface area (TPSA) is 71.1 Å². The first-order valence-corrected chi connectivity index (χ1v) is 7.55.